The molecule has 0 nitrogen and oxygen atoms in total. The summed E-state index contributed by atoms with van der Waals surface area (Å²) in [6.07, 6.45) is 4.52. The first-order valence-corrected chi connectivity index (χ1v) is 6.31. The molecule has 0 aromatic heterocycles. The highest BCUT2D eigenvalue weighted by molar-refractivity contribution is 5.21. The van der Waals surface area contributed by atoms with Crippen LogP contribution in [0.15, 0.2) is 0 Å². The maximum absolute atomic E-state index is 2.56. The summed E-state index contributed by atoms with van der Waals surface area (Å²) in [7, 11) is 0. The molecule has 3 aliphatic rings. The average molecular weight is 192 g/mol. The fourth-order valence-electron chi connectivity index (χ4n) is 4.43. The van der Waals surface area contributed by atoms with Crippen LogP contribution in [0.1, 0.15) is 53.9 Å². The van der Waals surface area contributed by atoms with E-state index in [0.717, 1.165) is 28.6 Å². The largest absolute Gasteiger partial charge is 0.0620 e. The molecule has 0 aromatic rings. The van der Waals surface area contributed by atoms with Crippen LogP contribution in [0.5, 0.6) is 0 Å². The van der Waals surface area contributed by atoms with Gasteiger partial charge < -0.3 is 0 Å². The van der Waals surface area contributed by atoms with Crippen LogP contribution in [0.2, 0.25) is 0 Å². The molecule has 3 aliphatic carbocycles. The Morgan fingerprint density at radius 2 is 1.29 bits per heavy atom. The molecule has 0 heterocycles. The van der Waals surface area contributed by atoms with E-state index in [-0.39, 0.29) is 0 Å². The molecule has 0 spiro atoms. The van der Waals surface area contributed by atoms with Gasteiger partial charge in [0.15, 0.2) is 0 Å². The molecule has 80 valence electrons. The van der Waals surface area contributed by atoms with Crippen LogP contribution in [-0.2, 0) is 0 Å². The van der Waals surface area contributed by atoms with Crippen LogP contribution in [0.4, 0.5) is 0 Å². The van der Waals surface area contributed by atoms with Crippen molar-refractivity contribution < 1.29 is 0 Å². The Hall–Kier alpha value is 0. The van der Waals surface area contributed by atoms with Crippen molar-refractivity contribution in [3.05, 3.63) is 0 Å². The maximum Gasteiger partial charge on any atom is -0.0255 e. The Balaban J connectivity index is 1.73. The highest BCUT2D eigenvalue weighted by atomic mass is 14.8. The molecule has 0 aromatic carbocycles. The monoisotopic (exact) mass is 192 g/mol. The predicted octanol–water partition coefficient (Wildman–Crippen LogP) is 4.10. The van der Waals surface area contributed by atoms with E-state index in [1.165, 1.54) is 19.3 Å². The predicted molar refractivity (Wildman–Crippen MR) is 60.0 cm³/mol. The fraction of sp³-hybridized carbons (Fsp3) is 1.00. The average Bonchev–Trinajstić information content (AvgIpc) is 2.93. The van der Waals surface area contributed by atoms with Crippen molar-refractivity contribution in [1.82, 2.24) is 0 Å². The molecule has 0 amide bonds. The second kappa shape index (κ2) is 2.08. The van der Waals surface area contributed by atoms with E-state index >= 15 is 0 Å². The van der Waals surface area contributed by atoms with Gasteiger partial charge in [-0.25, -0.2) is 0 Å². The van der Waals surface area contributed by atoms with Crippen LogP contribution in [0, 0.1) is 34.0 Å². The molecule has 14 heavy (non-hydrogen) atoms. The zero-order valence-electron chi connectivity index (χ0n) is 10.4. The third-order valence-corrected chi connectivity index (χ3v) is 6.10. The van der Waals surface area contributed by atoms with Gasteiger partial charge in [-0.1, -0.05) is 34.6 Å². The summed E-state index contributed by atoms with van der Waals surface area (Å²) < 4.78 is 0. The Labute approximate surface area is 88.5 Å². The quantitative estimate of drug-likeness (QED) is 0.618. The van der Waals surface area contributed by atoms with Gasteiger partial charge in [0, 0.05) is 0 Å². The second-order valence-electron chi connectivity index (χ2n) is 7.62. The van der Waals surface area contributed by atoms with E-state index in [1.54, 1.807) is 0 Å². The summed E-state index contributed by atoms with van der Waals surface area (Å²) in [6, 6.07) is 0. The van der Waals surface area contributed by atoms with Gasteiger partial charge in [0.1, 0.15) is 0 Å². The zero-order valence-corrected chi connectivity index (χ0v) is 10.4. The van der Waals surface area contributed by atoms with Gasteiger partial charge in [0.25, 0.3) is 0 Å². The van der Waals surface area contributed by atoms with Gasteiger partial charge in [-0.15, -0.1) is 0 Å². The maximum atomic E-state index is 2.56. The van der Waals surface area contributed by atoms with Crippen molar-refractivity contribution in [3.8, 4) is 0 Å². The van der Waals surface area contributed by atoms with Gasteiger partial charge in [0.05, 0.1) is 0 Å². The normalized spacial score (nSPS) is 63.6. The lowest BCUT2D eigenvalue weighted by molar-refractivity contribution is 0.301. The Bertz CT molecular complexity index is 290. The summed E-state index contributed by atoms with van der Waals surface area (Å²) in [5.41, 5.74) is 2.16. The molecule has 0 heteroatoms. The SMILES string of the molecule is CC1CC1(C)C1CC1(C)C1CC1(C)C. The van der Waals surface area contributed by atoms with Gasteiger partial charge in [0.2, 0.25) is 0 Å². The van der Waals surface area contributed by atoms with E-state index < -0.39 is 0 Å². The highest BCUT2D eigenvalue weighted by Gasteiger charge is 2.73. The number of hydrogen-bond acceptors (Lipinski definition) is 0. The lowest BCUT2D eigenvalue weighted by Gasteiger charge is -2.17. The van der Waals surface area contributed by atoms with Crippen LogP contribution < -0.4 is 0 Å². The first-order valence-electron chi connectivity index (χ1n) is 6.31. The Morgan fingerprint density at radius 1 is 0.786 bits per heavy atom. The lowest BCUT2D eigenvalue weighted by Crippen LogP contribution is -2.12. The Morgan fingerprint density at radius 3 is 1.64 bits per heavy atom. The van der Waals surface area contributed by atoms with Gasteiger partial charge in [-0.05, 0) is 53.3 Å². The molecule has 0 radical (unpaired) electrons. The summed E-state index contributed by atoms with van der Waals surface area (Å²) in [5, 5.41) is 0. The van der Waals surface area contributed by atoms with Crippen molar-refractivity contribution in [2.24, 2.45) is 34.0 Å². The van der Waals surface area contributed by atoms with Crippen LogP contribution in [0.3, 0.4) is 0 Å². The summed E-state index contributed by atoms with van der Waals surface area (Å²) in [5.74, 6) is 3.12. The van der Waals surface area contributed by atoms with E-state index in [2.05, 4.69) is 34.6 Å². The minimum Gasteiger partial charge on any atom is -0.0620 e. The minimum atomic E-state index is 0.679. The third-order valence-electron chi connectivity index (χ3n) is 6.10. The van der Waals surface area contributed by atoms with Crippen molar-refractivity contribution in [1.29, 1.82) is 0 Å². The Kier molecular flexibility index (Phi) is 1.37. The van der Waals surface area contributed by atoms with Crippen molar-refractivity contribution in [2.45, 2.75) is 53.9 Å². The molecule has 0 bridgehead atoms. The molecular weight excluding hydrogens is 168 g/mol. The fourth-order valence-corrected chi connectivity index (χ4v) is 4.43. The molecule has 3 saturated carbocycles. The van der Waals surface area contributed by atoms with E-state index in [4.69, 9.17) is 0 Å². The molecule has 3 fully saturated rings. The van der Waals surface area contributed by atoms with E-state index in [0.29, 0.717) is 5.41 Å². The van der Waals surface area contributed by atoms with Crippen LogP contribution >= 0.6 is 0 Å². The summed E-state index contributed by atoms with van der Waals surface area (Å²) >= 11 is 0. The highest BCUT2D eigenvalue weighted by Crippen LogP contribution is 2.80. The van der Waals surface area contributed by atoms with Crippen molar-refractivity contribution >= 4 is 0 Å². The molecule has 3 rings (SSSR count). The molecule has 0 saturated heterocycles. The topological polar surface area (TPSA) is 0 Å². The van der Waals surface area contributed by atoms with Crippen molar-refractivity contribution in [3.63, 3.8) is 0 Å². The smallest absolute Gasteiger partial charge is 0.0255 e. The zero-order chi connectivity index (χ0) is 10.4. The van der Waals surface area contributed by atoms with Gasteiger partial charge in [-0.2, -0.15) is 0 Å². The summed E-state index contributed by atoms with van der Waals surface area (Å²) in [6.45, 7) is 12.4. The van der Waals surface area contributed by atoms with E-state index in [9.17, 15) is 0 Å². The number of hydrogen-bond donors (Lipinski definition) is 0. The van der Waals surface area contributed by atoms with E-state index in [1.807, 2.05) is 0 Å². The molecular formula is C14H24. The van der Waals surface area contributed by atoms with Gasteiger partial charge in [-0.3, -0.25) is 0 Å². The molecule has 5 unspecified atom stereocenters. The lowest BCUT2D eigenvalue weighted by atomic mass is 9.87. The summed E-state index contributed by atoms with van der Waals surface area (Å²) in [4.78, 5) is 0. The third kappa shape index (κ3) is 0.955. The number of rotatable bonds is 2. The minimum absolute atomic E-state index is 0.679. The van der Waals surface area contributed by atoms with Crippen LogP contribution in [-0.4, -0.2) is 0 Å². The van der Waals surface area contributed by atoms with Crippen molar-refractivity contribution in [2.75, 3.05) is 0 Å². The standard InChI is InChI=1S/C14H24/c1-9-6-13(9,4)11-8-14(11,5)10-7-12(10,2)3/h9-11H,6-8H2,1-5H3. The second-order valence-corrected chi connectivity index (χ2v) is 7.62. The first-order chi connectivity index (χ1) is 6.31. The van der Waals surface area contributed by atoms with Gasteiger partial charge >= 0.3 is 0 Å². The molecule has 0 aliphatic heterocycles. The molecule has 5 atom stereocenters. The molecule has 0 N–H and O–H groups in total. The first kappa shape index (κ1) is 9.24. The van der Waals surface area contributed by atoms with Crippen LogP contribution in [0.25, 0.3) is 0 Å².